The molecule has 0 radical (unpaired) electrons. The van der Waals surface area contributed by atoms with E-state index in [1.807, 2.05) is 0 Å². The van der Waals surface area contributed by atoms with Crippen molar-refractivity contribution in [2.75, 3.05) is 14.2 Å². The van der Waals surface area contributed by atoms with Gasteiger partial charge in [0.25, 0.3) is 0 Å². The standard InChI is InChI=1S/C13H18FNO3/c1-13(2,12(16)18-4)15-8-9-5-6-11(17-3)10(14)7-9/h5-7,15H,8H2,1-4H3. The van der Waals surface area contributed by atoms with Gasteiger partial charge in [-0.25, -0.2) is 4.39 Å². The highest BCUT2D eigenvalue weighted by molar-refractivity contribution is 5.79. The summed E-state index contributed by atoms with van der Waals surface area (Å²) in [4.78, 5) is 11.4. The van der Waals surface area contributed by atoms with Crippen molar-refractivity contribution in [2.45, 2.75) is 25.9 Å². The Morgan fingerprint density at radius 1 is 1.39 bits per heavy atom. The Morgan fingerprint density at radius 2 is 2.06 bits per heavy atom. The number of hydrogen-bond donors (Lipinski definition) is 1. The first kappa shape index (κ1) is 14.4. The zero-order valence-corrected chi connectivity index (χ0v) is 11.0. The maximum Gasteiger partial charge on any atom is 0.325 e. The van der Waals surface area contributed by atoms with Crippen molar-refractivity contribution in [3.63, 3.8) is 0 Å². The number of benzene rings is 1. The van der Waals surface area contributed by atoms with E-state index in [1.165, 1.54) is 20.3 Å². The molecule has 1 rings (SSSR count). The second-order valence-corrected chi connectivity index (χ2v) is 4.44. The van der Waals surface area contributed by atoms with E-state index in [0.29, 0.717) is 6.54 Å². The van der Waals surface area contributed by atoms with Gasteiger partial charge in [0.05, 0.1) is 14.2 Å². The van der Waals surface area contributed by atoms with Gasteiger partial charge in [0.1, 0.15) is 5.54 Å². The zero-order valence-electron chi connectivity index (χ0n) is 11.0. The second kappa shape index (κ2) is 5.82. The van der Waals surface area contributed by atoms with Crippen LogP contribution in [0.2, 0.25) is 0 Å². The lowest BCUT2D eigenvalue weighted by molar-refractivity contribution is -0.147. The topological polar surface area (TPSA) is 47.6 Å². The molecule has 1 aromatic rings. The van der Waals surface area contributed by atoms with Crippen LogP contribution in [0.25, 0.3) is 0 Å². The maximum atomic E-state index is 13.5. The van der Waals surface area contributed by atoms with E-state index < -0.39 is 11.4 Å². The van der Waals surface area contributed by atoms with Gasteiger partial charge in [0.15, 0.2) is 11.6 Å². The molecule has 0 unspecified atom stereocenters. The van der Waals surface area contributed by atoms with Crippen LogP contribution < -0.4 is 10.1 Å². The van der Waals surface area contributed by atoms with Gasteiger partial charge in [-0.15, -0.1) is 0 Å². The number of rotatable bonds is 5. The zero-order chi connectivity index (χ0) is 13.8. The average Bonchev–Trinajstić information content (AvgIpc) is 2.35. The Hall–Kier alpha value is -1.62. The number of nitrogens with one attached hydrogen (secondary N) is 1. The number of carbonyl (C=O) groups is 1. The first-order valence-corrected chi connectivity index (χ1v) is 5.56. The smallest absolute Gasteiger partial charge is 0.325 e. The van der Waals surface area contributed by atoms with Crippen LogP contribution >= 0.6 is 0 Å². The number of esters is 1. The molecular formula is C13H18FNO3. The fourth-order valence-corrected chi connectivity index (χ4v) is 1.47. The molecule has 0 aliphatic heterocycles. The Kier molecular flexibility index (Phi) is 4.67. The summed E-state index contributed by atoms with van der Waals surface area (Å²) in [5.74, 6) is -0.588. The van der Waals surface area contributed by atoms with E-state index in [-0.39, 0.29) is 11.7 Å². The van der Waals surface area contributed by atoms with Gasteiger partial charge < -0.3 is 9.47 Å². The summed E-state index contributed by atoms with van der Waals surface area (Å²) >= 11 is 0. The molecule has 0 spiro atoms. The van der Waals surface area contributed by atoms with Crippen molar-refractivity contribution >= 4 is 5.97 Å². The SMILES string of the molecule is COC(=O)C(C)(C)NCc1ccc(OC)c(F)c1. The van der Waals surface area contributed by atoms with Gasteiger partial charge in [0.2, 0.25) is 0 Å². The van der Waals surface area contributed by atoms with Gasteiger partial charge in [-0.3, -0.25) is 10.1 Å². The van der Waals surface area contributed by atoms with E-state index in [4.69, 9.17) is 4.74 Å². The van der Waals surface area contributed by atoms with Crippen LogP contribution in [0.15, 0.2) is 18.2 Å². The number of methoxy groups -OCH3 is 2. The molecule has 0 fully saturated rings. The lowest BCUT2D eigenvalue weighted by Gasteiger charge is -2.23. The molecule has 100 valence electrons. The highest BCUT2D eigenvalue weighted by atomic mass is 19.1. The lowest BCUT2D eigenvalue weighted by Crippen LogP contribution is -2.46. The minimum atomic E-state index is -0.814. The number of hydrogen-bond acceptors (Lipinski definition) is 4. The maximum absolute atomic E-state index is 13.5. The predicted octanol–water partition coefficient (Wildman–Crippen LogP) is 1.88. The van der Waals surface area contributed by atoms with Crippen molar-refractivity contribution in [3.8, 4) is 5.75 Å². The highest BCUT2D eigenvalue weighted by Gasteiger charge is 2.27. The first-order chi connectivity index (χ1) is 8.40. The van der Waals surface area contributed by atoms with Crippen LogP contribution in [0.4, 0.5) is 4.39 Å². The Labute approximate surface area is 106 Å². The monoisotopic (exact) mass is 255 g/mol. The van der Waals surface area contributed by atoms with Crippen LogP contribution in [0.5, 0.6) is 5.75 Å². The largest absolute Gasteiger partial charge is 0.494 e. The van der Waals surface area contributed by atoms with E-state index >= 15 is 0 Å². The molecular weight excluding hydrogens is 237 g/mol. The molecule has 0 saturated heterocycles. The first-order valence-electron chi connectivity index (χ1n) is 5.56. The number of ether oxygens (including phenoxy) is 2. The van der Waals surface area contributed by atoms with Crippen molar-refractivity contribution in [2.24, 2.45) is 0 Å². The molecule has 1 aromatic carbocycles. The second-order valence-electron chi connectivity index (χ2n) is 4.44. The molecule has 0 aromatic heterocycles. The third kappa shape index (κ3) is 3.43. The van der Waals surface area contributed by atoms with Gasteiger partial charge in [0, 0.05) is 6.54 Å². The summed E-state index contributed by atoms with van der Waals surface area (Å²) in [6.07, 6.45) is 0. The molecule has 0 aliphatic rings. The van der Waals surface area contributed by atoms with Crippen LogP contribution in [-0.4, -0.2) is 25.7 Å². The Morgan fingerprint density at radius 3 is 2.56 bits per heavy atom. The summed E-state index contributed by atoms with van der Waals surface area (Å²) in [5, 5.41) is 3.01. The van der Waals surface area contributed by atoms with Gasteiger partial charge in [-0.1, -0.05) is 6.07 Å². The predicted molar refractivity (Wildman–Crippen MR) is 65.9 cm³/mol. The number of halogens is 1. The van der Waals surface area contributed by atoms with Gasteiger partial charge in [-0.2, -0.15) is 0 Å². The van der Waals surface area contributed by atoms with E-state index in [9.17, 15) is 9.18 Å². The summed E-state index contributed by atoms with van der Waals surface area (Å²) in [5.41, 5.74) is -0.0872. The molecule has 0 saturated carbocycles. The minimum absolute atomic E-state index is 0.200. The fraction of sp³-hybridized carbons (Fsp3) is 0.462. The van der Waals surface area contributed by atoms with Crippen molar-refractivity contribution in [3.05, 3.63) is 29.6 Å². The van der Waals surface area contributed by atoms with E-state index in [0.717, 1.165) is 5.56 Å². The van der Waals surface area contributed by atoms with Gasteiger partial charge >= 0.3 is 5.97 Å². The summed E-state index contributed by atoms with van der Waals surface area (Å²) < 4.78 is 23.0. The molecule has 0 bridgehead atoms. The summed E-state index contributed by atoms with van der Waals surface area (Å²) in [6, 6.07) is 4.67. The Bertz CT molecular complexity index is 432. The van der Waals surface area contributed by atoms with Crippen LogP contribution in [0.1, 0.15) is 19.4 Å². The third-order valence-corrected chi connectivity index (χ3v) is 2.65. The molecule has 0 heterocycles. The quantitative estimate of drug-likeness (QED) is 0.816. The van der Waals surface area contributed by atoms with Crippen molar-refractivity contribution < 1.29 is 18.7 Å². The fourth-order valence-electron chi connectivity index (χ4n) is 1.47. The van der Waals surface area contributed by atoms with E-state index in [2.05, 4.69) is 10.1 Å². The summed E-state index contributed by atoms with van der Waals surface area (Å²) in [6.45, 7) is 3.78. The molecule has 0 aliphatic carbocycles. The van der Waals surface area contributed by atoms with Crippen LogP contribution in [0.3, 0.4) is 0 Å². The number of carbonyl (C=O) groups excluding carboxylic acids is 1. The lowest BCUT2D eigenvalue weighted by atomic mass is 10.1. The summed E-state index contributed by atoms with van der Waals surface area (Å²) in [7, 11) is 2.75. The van der Waals surface area contributed by atoms with Crippen molar-refractivity contribution in [1.82, 2.24) is 5.32 Å². The van der Waals surface area contributed by atoms with Gasteiger partial charge in [-0.05, 0) is 31.5 Å². The minimum Gasteiger partial charge on any atom is -0.494 e. The molecule has 0 amide bonds. The van der Waals surface area contributed by atoms with Crippen molar-refractivity contribution in [1.29, 1.82) is 0 Å². The normalized spacial score (nSPS) is 11.2. The van der Waals surface area contributed by atoms with E-state index in [1.54, 1.807) is 26.0 Å². The molecule has 1 N–H and O–H groups in total. The molecule has 0 atom stereocenters. The van der Waals surface area contributed by atoms with Crippen LogP contribution in [0, 0.1) is 5.82 Å². The molecule has 18 heavy (non-hydrogen) atoms. The molecule has 5 heteroatoms. The highest BCUT2D eigenvalue weighted by Crippen LogP contribution is 2.18. The van der Waals surface area contributed by atoms with Crippen LogP contribution in [-0.2, 0) is 16.1 Å². The molecule has 4 nitrogen and oxygen atoms in total. The average molecular weight is 255 g/mol. The third-order valence-electron chi connectivity index (χ3n) is 2.65. The Balaban J connectivity index is 2.69.